The minimum atomic E-state index is -4.25. The Morgan fingerprint density at radius 3 is 2.57 bits per heavy atom. The van der Waals surface area contributed by atoms with Crippen LogP contribution >= 0.6 is 0 Å². The highest BCUT2D eigenvalue weighted by Gasteiger charge is 2.22. The van der Waals surface area contributed by atoms with Gasteiger partial charge < -0.3 is 9.26 Å². The van der Waals surface area contributed by atoms with E-state index in [0.29, 0.717) is 5.56 Å². The summed E-state index contributed by atoms with van der Waals surface area (Å²) in [6.45, 7) is -0.379. The number of esters is 1. The summed E-state index contributed by atoms with van der Waals surface area (Å²) in [7, 11) is -4.25. The van der Waals surface area contributed by atoms with Crippen LogP contribution in [0.2, 0.25) is 0 Å². The number of hydrogen-bond donors (Lipinski definition) is 1. The molecule has 1 aromatic heterocycles. The molecule has 13 heteroatoms. The van der Waals surface area contributed by atoms with Crippen molar-refractivity contribution in [3.63, 3.8) is 0 Å². The van der Waals surface area contributed by atoms with E-state index in [9.17, 15) is 27.7 Å². The third kappa shape index (κ3) is 5.47. The molecule has 178 valence electrons. The van der Waals surface area contributed by atoms with E-state index in [-0.39, 0.29) is 34.5 Å². The molecule has 0 bridgehead atoms. The predicted molar refractivity (Wildman–Crippen MR) is 119 cm³/mol. The maximum absolute atomic E-state index is 13.1. The highest BCUT2D eigenvalue weighted by molar-refractivity contribution is 7.92. The number of nitro groups is 1. The molecule has 0 saturated carbocycles. The van der Waals surface area contributed by atoms with Crippen LogP contribution in [-0.2, 0) is 21.4 Å². The number of nitro benzene ring substituents is 1. The van der Waals surface area contributed by atoms with Crippen LogP contribution in [0.3, 0.4) is 0 Å². The molecule has 11 nitrogen and oxygen atoms in total. The van der Waals surface area contributed by atoms with E-state index in [2.05, 4.69) is 14.9 Å². The highest BCUT2D eigenvalue weighted by Crippen LogP contribution is 2.24. The zero-order chi connectivity index (χ0) is 25.0. The lowest BCUT2D eigenvalue weighted by Gasteiger charge is -2.12. The fourth-order valence-corrected chi connectivity index (χ4v) is 4.07. The number of hydrogen-bond acceptors (Lipinski definition) is 9. The fourth-order valence-electron chi connectivity index (χ4n) is 2.95. The lowest BCUT2D eigenvalue weighted by Crippen LogP contribution is -2.16. The van der Waals surface area contributed by atoms with Gasteiger partial charge in [0.2, 0.25) is 5.82 Å². The number of nitrogens with one attached hydrogen (secondary N) is 1. The van der Waals surface area contributed by atoms with E-state index in [1.165, 1.54) is 60.7 Å². The van der Waals surface area contributed by atoms with Gasteiger partial charge in [-0.15, -0.1) is 0 Å². The molecular weight excluding hydrogens is 483 g/mol. The predicted octanol–water partition coefficient (Wildman–Crippen LogP) is 3.94. The minimum absolute atomic E-state index is 0.0346. The van der Waals surface area contributed by atoms with E-state index >= 15 is 0 Å². The second kappa shape index (κ2) is 9.69. The Balaban J connectivity index is 1.48. The Bertz CT molecular complexity index is 1500. The van der Waals surface area contributed by atoms with Crippen LogP contribution in [0.25, 0.3) is 11.5 Å². The van der Waals surface area contributed by atoms with Crippen LogP contribution in [0.15, 0.2) is 82.2 Å². The average Bonchev–Trinajstić information content (AvgIpc) is 3.32. The number of sulfonamides is 1. The number of non-ortho nitro benzene ring substituents is 1. The van der Waals surface area contributed by atoms with Crippen LogP contribution in [0.5, 0.6) is 0 Å². The van der Waals surface area contributed by atoms with Crippen molar-refractivity contribution >= 4 is 27.4 Å². The first kappa shape index (κ1) is 23.5. The summed E-state index contributed by atoms with van der Waals surface area (Å²) in [5, 5.41) is 14.7. The van der Waals surface area contributed by atoms with E-state index in [1.54, 1.807) is 0 Å². The first-order valence-corrected chi connectivity index (χ1v) is 11.3. The third-order valence-corrected chi connectivity index (χ3v) is 5.98. The lowest BCUT2D eigenvalue weighted by atomic mass is 10.2. The minimum Gasteiger partial charge on any atom is -0.454 e. The Morgan fingerprint density at radius 2 is 1.83 bits per heavy atom. The SMILES string of the molecule is O=C(OCc1noc(-c2ccc(F)cc2)n1)c1ccccc1NS(=O)(=O)c1cccc([N+](=O)[O-])c1. The molecule has 0 saturated heterocycles. The topological polar surface area (TPSA) is 155 Å². The molecule has 0 atom stereocenters. The molecule has 3 aromatic carbocycles. The first-order valence-electron chi connectivity index (χ1n) is 9.85. The van der Waals surface area contributed by atoms with Crippen LogP contribution in [0.1, 0.15) is 16.2 Å². The molecule has 0 aliphatic carbocycles. The van der Waals surface area contributed by atoms with Crippen LogP contribution in [-0.4, -0.2) is 29.5 Å². The van der Waals surface area contributed by atoms with Crippen molar-refractivity contribution in [1.82, 2.24) is 10.1 Å². The summed E-state index contributed by atoms with van der Waals surface area (Å²) >= 11 is 0. The molecule has 0 aliphatic heterocycles. The zero-order valence-electron chi connectivity index (χ0n) is 17.6. The molecular formula is C22H15FN4O7S. The van der Waals surface area contributed by atoms with Gasteiger partial charge in [0, 0.05) is 17.7 Å². The molecule has 0 amide bonds. The lowest BCUT2D eigenvalue weighted by molar-refractivity contribution is -0.385. The van der Waals surface area contributed by atoms with Gasteiger partial charge in [-0.1, -0.05) is 23.4 Å². The van der Waals surface area contributed by atoms with Crippen LogP contribution in [0, 0.1) is 15.9 Å². The van der Waals surface area contributed by atoms with Gasteiger partial charge in [0.1, 0.15) is 5.82 Å². The number of anilines is 1. The van der Waals surface area contributed by atoms with Crippen molar-refractivity contribution < 1.29 is 31.8 Å². The Hall–Kier alpha value is -4.65. The zero-order valence-corrected chi connectivity index (χ0v) is 18.4. The summed E-state index contributed by atoms with van der Waals surface area (Å²) < 4.78 is 51.1. The smallest absolute Gasteiger partial charge is 0.340 e. The van der Waals surface area contributed by atoms with Crippen molar-refractivity contribution in [3.8, 4) is 11.5 Å². The average molecular weight is 498 g/mol. The van der Waals surface area contributed by atoms with Gasteiger partial charge in [-0.2, -0.15) is 4.98 Å². The summed E-state index contributed by atoms with van der Waals surface area (Å²) in [6.07, 6.45) is 0. The molecule has 1 N–H and O–H groups in total. The molecule has 0 aliphatic rings. The third-order valence-electron chi connectivity index (χ3n) is 4.62. The second-order valence-electron chi connectivity index (χ2n) is 7.00. The van der Waals surface area contributed by atoms with Crippen molar-refractivity contribution in [1.29, 1.82) is 0 Å². The molecule has 35 heavy (non-hydrogen) atoms. The largest absolute Gasteiger partial charge is 0.454 e. The van der Waals surface area contributed by atoms with Gasteiger partial charge in [-0.25, -0.2) is 17.6 Å². The number of nitrogens with zero attached hydrogens (tertiary/aromatic N) is 3. The molecule has 0 radical (unpaired) electrons. The van der Waals surface area contributed by atoms with Crippen molar-refractivity contribution in [2.45, 2.75) is 11.5 Å². The number of carbonyl (C=O) groups is 1. The summed E-state index contributed by atoms with van der Waals surface area (Å²) in [5.41, 5.74) is -0.133. The van der Waals surface area contributed by atoms with Gasteiger partial charge in [0.15, 0.2) is 6.61 Å². The van der Waals surface area contributed by atoms with Gasteiger partial charge in [0.05, 0.1) is 21.1 Å². The Kier molecular flexibility index (Phi) is 6.51. The normalized spacial score (nSPS) is 11.1. The molecule has 0 spiro atoms. The first-order chi connectivity index (χ1) is 16.7. The monoisotopic (exact) mass is 498 g/mol. The number of ether oxygens (including phenoxy) is 1. The number of aromatic nitrogens is 2. The van der Waals surface area contributed by atoms with Gasteiger partial charge in [-0.3, -0.25) is 14.8 Å². The van der Waals surface area contributed by atoms with Crippen molar-refractivity contribution in [3.05, 3.63) is 100 Å². The maximum Gasteiger partial charge on any atom is 0.340 e. The highest BCUT2D eigenvalue weighted by atomic mass is 32.2. The number of rotatable bonds is 8. The molecule has 4 rings (SSSR count). The molecule has 4 aromatic rings. The van der Waals surface area contributed by atoms with Crippen LogP contribution < -0.4 is 4.72 Å². The number of para-hydroxylation sites is 1. The maximum atomic E-state index is 13.1. The Morgan fingerprint density at radius 1 is 1.09 bits per heavy atom. The molecule has 1 heterocycles. The van der Waals surface area contributed by atoms with E-state index in [0.717, 1.165) is 12.1 Å². The number of carbonyl (C=O) groups excluding carboxylic acids is 1. The fraction of sp³-hybridized carbons (Fsp3) is 0.0455. The van der Waals surface area contributed by atoms with E-state index in [4.69, 9.17) is 9.26 Å². The second-order valence-corrected chi connectivity index (χ2v) is 8.69. The van der Waals surface area contributed by atoms with Gasteiger partial charge in [0.25, 0.3) is 21.6 Å². The molecule has 0 fully saturated rings. The van der Waals surface area contributed by atoms with E-state index in [1.807, 2.05) is 0 Å². The quantitative estimate of drug-likeness (QED) is 0.216. The number of benzene rings is 3. The summed E-state index contributed by atoms with van der Waals surface area (Å²) in [6, 6.07) is 15.5. The van der Waals surface area contributed by atoms with Gasteiger partial charge in [-0.05, 0) is 42.5 Å². The van der Waals surface area contributed by atoms with Crippen molar-refractivity contribution in [2.24, 2.45) is 0 Å². The van der Waals surface area contributed by atoms with E-state index < -0.39 is 32.4 Å². The summed E-state index contributed by atoms with van der Waals surface area (Å²) in [5.74, 6) is -1.17. The Labute approximate surface area is 197 Å². The van der Waals surface area contributed by atoms with Crippen LogP contribution in [0.4, 0.5) is 15.8 Å². The summed E-state index contributed by atoms with van der Waals surface area (Å²) in [4.78, 5) is 26.6. The standard InChI is InChI=1S/C22H15FN4O7S/c23-15-10-8-14(9-11-15)21-24-20(25-34-21)13-33-22(28)18-6-1-2-7-19(18)26-35(31,32)17-5-3-4-16(12-17)27(29)30/h1-12,26H,13H2. The van der Waals surface area contributed by atoms with Gasteiger partial charge >= 0.3 is 5.97 Å². The number of halogens is 1. The van der Waals surface area contributed by atoms with Crippen molar-refractivity contribution in [2.75, 3.05) is 4.72 Å². The molecule has 0 unspecified atom stereocenters.